The Hall–Kier alpha value is -2.09. The van der Waals surface area contributed by atoms with Crippen LogP contribution in [0.3, 0.4) is 0 Å². The zero-order valence-corrected chi connectivity index (χ0v) is 17.3. The highest BCUT2D eigenvalue weighted by Gasteiger charge is 2.22. The van der Waals surface area contributed by atoms with Crippen molar-refractivity contribution in [3.63, 3.8) is 0 Å². The van der Waals surface area contributed by atoms with Crippen LogP contribution in [0.4, 0.5) is 0 Å². The van der Waals surface area contributed by atoms with E-state index in [-0.39, 0.29) is 5.91 Å². The molecule has 0 spiro atoms. The van der Waals surface area contributed by atoms with Crippen LogP contribution < -0.4 is 10.6 Å². The van der Waals surface area contributed by atoms with Gasteiger partial charge >= 0.3 is 0 Å². The first-order valence-electron chi connectivity index (χ1n) is 9.81. The lowest BCUT2D eigenvalue weighted by molar-refractivity contribution is -0.130. The Balaban J connectivity index is 1.84. The molecule has 1 aliphatic rings. The van der Waals surface area contributed by atoms with Crippen LogP contribution in [0.1, 0.15) is 51.0 Å². The molecule has 152 valence electrons. The van der Waals surface area contributed by atoms with Crippen molar-refractivity contribution in [2.24, 2.45) is 4.99 Å². The number of carbonyl (C=O) groups excluding carboxylic acids is 1. The van der Waals surface area contributed by atoms with E-state index in [1.165, 1.54) is 0 Å². The van der Waals surface area contributed by atoms with Gasteiger partial charge in [0.2, 0.25) is 5.91 Å². The van der Waals surface area contributed by atoms with Crippen LogP contribution in [0.2, 0.25) is 0 Å². The maximum Gasteiger partial charge on any atom is 0.236 e. The highest BCUT2D eigenvalue weighted by Crippen LogP contribution is 2.15. The molecule has 0 bridgehead atoms. The molecule has 1 aromatic rings. The molecule has 27 heavy (non-hydrogen) atoms. The number of likely N-dealkylation sites (tertiary alicyclic amines) is 1. The largest absolute Gasteiger partial charge is 0.359 e. The van der Waals surface area contributed by atoms with Crippen molar-refractivity contribution in [3.05, 3.63) is 17.5 Å². The van der Waals surface area contributed by atoms with Crippen LogP contribution in [0, 0.1) is 0 Å². The molecule has 0 aliphatic carbocycles. The molecule has 8 heteroatoms. The van der Waals surface area contributed by atoms with Gasteiger partial charge < -0.3 is 20.1 Å². The number of aromatic nitrogens is 1. The van der Waals surface area contributed by atoms with Gasteiger partial charge in [0.1, 0.15) is 6.54 Å². The third-order valence-electron chi connectivity index (χ3n) is 4.69. The standard InChI is InChI=1S/C19H34N6O2/c1-6-20-19(21-12-16-11-17(14(2)3)23-27-16)22-15-7-9-25(10-8-15)13-18(26)24(4)5/h11,14-15H,6-10,12-13H2,1-5H3,(H2,20,21,22). The number of rotatable bonds is 7. The number of amides is 1. The summed E-state index contributed by atoms with van der Waals surface area (Å²) in [6, 6.07) is 2.33. The van der Waals surface area contributed by atoms with Crippen molar-refractivity contribution in [3.8, 4) is 0 Å². The lowest BCUT2D eigenvalue weighted by Gasteiger charge is -2.33. The Morgan fingerprint density at radius 3 is 2.67 bits per heavy atom. The maximum atomic E-state index is 11.8. The molecule has 1 aromatic heterocycles. The molecule has 2 rings (SSSR count). The molecular weight excluding hydrogens is 344 g/mol. The fourth-order valence-corrected chi connectivity index (χ4v) is 2.91. The minimum Gasteiger partial charge on any atom is -0.359 e. The van der Waals surface area contributed by atoms with Gasteiger partial charge in [-0.3, -0.25) is 9.69 Å². The first-order chi connectivity index (χ1) is 12.9. The van der Waals surface area contributed by atoms with Gasteiger partial charge in [0, 0.05) is 45.8 Å². The van der Waals surface area contributed by atoms with E-state index in [1.807, 2.05) is 6.07 Å². The monoisotopic (exact) mass is 378 g/mol. The summed E-state index contributed by atoms with van der Waals surface area (Å²) in [6.07, 6.45) is 1.98. The lowest BCUT2D eigenvalue weighted by atomic mass is 10.1. The number of likely N-dealkylation sites (N-methyl/N-ethyl adjacent to an activating group) is 1. The fourth-order valence-electron chi connectivity index (χ4n) is 2.91. The molecule has 0 saturated carbocycles. The van der Waals surface area contributed by atoms with Crippen LogP contribution in [0.5, 0.6) is 0 Å². The van der Waals surface area contributed by atoms with Crippen LogP contribution in [0.25, 0.3) is 0 Å². The number of nitrogens with one attached hydrogen (secondary N) is 2. The maximum absolute atomic E-state index is 11.8. The van der Waals surface area contributed by atoms with E-state index in [1.54, 1.807) is 19.0 Å². The van der Waals surface area contributed by atoms with E-state index in [9.17, 15) is 4.79 Å². The Labute approximate surface area is 162 Å². The Kier molecular flexibility index (Phi) is 8.09. The van der Waals surface area contributed by atoms with E-state index in [4.69, 9.17) is 4.52 Å². The zero-order valence-electron chi connectivity index (χ0n) is 17.3. The van der Waals surface area contributed by atoms with Gasteiger partial charge in [0.15, 0.2) is 11.7 Å². The van der Waals surface area contributed by atoms with Crippen LogP contribution in [-0.4, -0.2) is 73.1 Å². The summed E-state index contributed by atoms with van der Waals surface area (Å²) in [7, 11) is 3.60. The van der Waals surface area contributed by atoms with Crippen molar-refractivity contribution in [1.82, 2.24) is 25.6 Å². The third kappa shape index (κ3) is 6.86. The van der Waals surface area contributed by atoms with Crippen LogP contribution >= 0.6 is 0 Å². The zero-order chi connectivity index (χ0) is 19.8. The molecule has 2 N–H and O–H groups in total. The molecule has 0 aromatic carbocycles. The van der Waals surface area contributed by atoms with Gasteiger partial charge in [0.05, 0.1) is 12.2 Å². The second-order valence-electron chi connectivity index (χ2n) is 7.55. The van der Waals surface area contributed by atoms with Gasteiger partial charge in [0.25, 0.3) is 0 Å². The van der Waals surface area contributed by atoms with Gasteiger partial charge in [-0.15, -0.1) is 0 Å². The second-order valence-corrected chi connectivity index (χ2v) is 7.55. The number of nitrogens with zero attached hydrogens (tertiary/aromatic N) is 4. The molecule has 1 amide bonds. The number of hydrogen-bond donors (Lipinski definition) is 2. The highest BCUT2D eigenvalue weighted by molar-refractivity contribution is 5.80. The Morgan fingerprint density at radius 1 is 1.41 bits per heavy atom. The summed E-state index contributed by atoms with van der Waals surface area (Å²) in [6.45, 7) is 9.83. The number of piperidine rings is 1. The smallest absolute Gasteiger partial charge is 0.236 e. The average Bonchev–Trinajstić information content (AvgIpc) is 3.11. The molecular formula is C19H34N6O2. The van der Waals surface area contributed by atoms with Crippen molar-refractivity contribution in [2.75, 3.05) is 40.3 Å². The molecule has 1 fully saturated rings. The van der Waals surface area contributed by atoms with E-state index >= 15 is 0 Å². The van der Waals surface area contributed by atoms with E-state index in [0.29, 0.717) is 25.0 Å². The van der Waals surface area contributed by atoms with Gasteiger partial charge in [-0.05, 0) is 25.7 Å². The summed E-state index contributed by atoms with van der Waals surface area (Å²) in [5.41, 5.74) is 0.956. The molecule has 1 aliphatic heterocycles. The van der Waals surface area contributed by atoms with Gasteiger partial charge in [-0.2, -0.15) is 0 Å². The summed E-state index contributed by atoms with van der Waals surface area (Å²) < 4.78 is 5.36. The topological polar surface area (TPSA) is 86.0 Å². The molecule has 0 atom stereocenters. The number of aliphatic imine (C=N–C) groups is 1. The quantitative estimate of drug-likeness (QED) is 0.551. The number of carbonyl (C=O) groups is 1. The van der Waals surface area contributed by atoms with Crippen molar-refractivity contribution >= 4 is 11.9 Å². The summed E-state index contributed by atoms with van der Waals surface area (Å²) in [5, 5.41) is 10.9. The van der Waals surface area contributed by atoms with Crippen molar-refractivity contribution in [1.29, 1.82) is 0 Å². The third-order valence-corrected chi connectivity index (χ3v) is 4.69. The number of hydrogen-bond acceptors (Lipinski definition) is 5. The molecule has 1 saturated heterocycles. The van der Waals surface area contributed by atoms with Crippen molar-refractivity contribution in [2.45, 2.75) is 52.1 Å². The summed E-state index contributed by atoms with van der Waals surface area (Å²) >= 11 is 0. The Bertz CT molecular complexity index is 617. The molecule has 8 nitrogen and oxygen atoms in total. The normalized spacial score (nSPS) is 16.6. The minimum absolute atomic E-state index is 0.157. The van der Waals surface area contributed by atoms with Gasteiger partial charge in [-0.1, -0.05) is 19.0 Å². The van der Waals surface area contributed by atoms with Crippen LogP contribution in [-0.2, 0) is 11.3 Å². The predicted molar refractivity (Wildman–Crippen MR) is 107 cm³/mol. The van der Waals surface area contributed by atoms with E-state index in [0.717, 1.165) is 49.9 Å². The SMILES string of the molecule is CCNC(=NCc1cc(C(C)C)no1)NC1CCN(CC(=O)N(C)C)CC1. The first kappa shape index (κ1) is 21.2. The lowest BCUT2D eigenvalue weighted by Crippen LogP contribution is -2.50. The minimum atomic E-state index is 0.157. The van der Waals surface area contributed by atoms with Crippen molar-refractivity contribution < 1.29 is 9.32 Å². The van der Waals surface area contributed by atoms with E-state index in [2.05, 4.69) is 46.5 Å². The van der Waals surface area contributed by atoms with E-state index < -0.39 is 0 Å². The van der Waals surface area contributed by atoms with Crippen LogP contribution in [0.15, 0.2) is 15.6 Å². The molecule has 0 unspecified atom stereocenters. The number of guanidine groups is 1. The predicted octanol–water partition coefficient (Wildman–Crippen LogP) is 1.41. The second kappa shape index (κ2) is 10.3. The Morgan fingerprint density at radius 2 is 2.11 bits per heavy atom. The molecule has 2 heterocycles. The highest BCUT2D eigenvalue weighted by atomic mass is 16.5. The molecule has 0 radical (unpaired) electrons. The summed E-state index contributed by atoms with van der Waals surface area (Å²) in [4.78, 5) is 20.3. The van der Waals surface area contributed by atoms with Gasteiger partial charge in [-0.25, -0.2) is 4.99 Å². The fraction of sp³-hybridized carbons (Fsp3) is 0.737. The first-order valence-corrected chi connectivity index (χ1v) is 9.81. The summed E-state index contributed by atoms with van der Waals surface area (Å²) in [5.74, 6) is 2.07. The average molecular weight is 379 g/mol.